The largest absolute Gasteiger partial charge is 0.497 e. The van der Waals surface area contributed by atoms with Gasteiger partial charge in [-0.05, 0) is 69.0 Å². The van der Waals surface area contributed by atoms with Crippen LogP contribution in [0.2, 0.25) is 0 Å². The SMILES string of the molecule is CCc1ccc(N(CC(=O)N(Cc2ccc(OC)cc2)[C@@H](CC)C(=O)NC(C)(C)C)S(C)(=O)=O)cc1. The van der Waals surface area contributed by atoms with Gasteiger partial charge >= 0.3 is 0 Å². The maximum Gasteiger partial charge on any atom is 0.244 e. The van der Waals surface area contributed by atoms with Gasteiger partial charge in [-0.1, -0.05) is 38.1 Å². The van der Waals surface area contributed by atoms with Crippen LogP contribution >= 0.6 is 0 Å². The molecule has 9 heteroatoms. The first kappa shape index (κ1) is 29.2. The van der Waals surface area contributed by atoms with Crippen LogP contribution in [0.3, 0.4) is 0 Å². The molecule has 0 saturated carbocycles. The summed E-state index contributed by atoms with van der Waals surface area (Å²) in [5.41, 5.74) is 1.77. The molecule has 0 fully saturated rings. The summed E-state index contributed by atoms with van der Waals surface area (Å²) in [4.78, 5) is 28.4. The number of nitrogens with zero attached hydrogens (tertiary/aromatic N) is 2. The second-order valence-corrected chi connectivity index (χ2v) is 11.7. The molecule has 0 aliphatic carbocycles. The normalized spacial score (nSPS) is 12.5. The summed E-state index contributed by atoms with van der Waals surface area (Å²) in [6.07, 6.45) is 2.26. The van der Waals surface area contributed by atoms with Gasteiger partial charge in [0.15, 0.2) is 0 Å². The fraction of sp³-hybridized carbons (Fsp3) is 0.481. The fourth-order valence-corrected chi connectivity index (χ4v) is 4.66. The second-order valence-electron chi connectivity index (χ2n) is 9.82. The van der Waals surface area contributed by atoms with Crippen molar-refractivity contribution in [3.05, 3.63) is 59.7 Å². The van der Waals surface area contributed by atoms with Gasteiger partial charge in [-0.3, -0.25) is 13.9 Å². The van der Waals surface area contributed by atoms with E-state index in [2.05, 4.69) is 5.32 Å². The molecule has 8 nitrogen and oxygen atoms in total. The molecule has 1 N–H and O–H groups in total. The molecule has 0 heterocycles. The molecule has 2 aromatic rings. The van der Waals surface area contributed by atoms with E-state index in [1.807, 2.05) is 58.9 Å². The number of hydrogen-bond acceptors (Lipinski definition) is 5. The zero-order valence-electron chi connectivity index (χ0n) is 22.4. The van der Waals surface area contributed by atoms with Crippen molar-refractivity contribution in [2.75, 3.05) is 24.2 Å². The Morgan fingerprint density at radius 2 is 1.53 bits per heavy atom. The highest BCUT2D eigenvalue weighted by molar-refractivity contribution is 7.92. The lowest BCUT2D eigenvalue weighted by molar-refractivity contribution is -0.141. The van der Waals surface area contributed by atoms with E-state index in [4.69, 9.17) is 4.74 Å². The molecule has 0 aromatic heterocycles. The summed E-state index contributed by atoms with van der Waals surface area (Å²) in [6.45, 7) is 9.19. The first-order chi connectivity index (χ1) is 16.8. The number of rotatable bonds is 11. The van der Waals surface area contributed by atoms with Crippen LogP contribution in [0.15, 0.2) is 48.5 Å². The molecule has 0 aliphatic rings. The second kappa shape index (κ2) is 12.3. The van der Waals surface area contributed by atoms with E-state index in [9.17, 15) is 18.0 Å². The highest BCUT2D eigenvalue weighted by Crippen LogP contribution is 2.21. The van der Waals surface area contributed by atoms with Crippen LogP contribution in [-0.2, 0) is 32.6 Å². The Hall–Kier alpha value is -3.07. The van der Waals surface area contributed by atoms with Crippen molar-refractivity contribution in [2.24, 2.45) is 0 Å². The lowest BCUT2D eigenvalue weighted by Gasteiger charge is -2.34. The van der Waals surface area contributed by atoms with Crippen molar-refractivity contribution in [3.63, 3.8) is 0 Å². The molecule has 0 saturated heterocycles. The Kier molecular flexibility index (Phi) is 9.93. The van der Waals surface area contributed by atoms with E-state index >= 15 is 0 Å². The van der Waals surface area contributed by atoms with E-state index < -0.39 is 34.1 Å². The third kappa shape index (κ3) is 8.26. The van der Waals surface area contributed by atoms with Gasteiger partial charge in [0, 0.05) is 12.1 Å². The Morgan fingerprint density at radius 3 is 1.97 bits per heavy atom. The minimum Gasteiger partial charge on any atom is -0.497 e. The third-order valence-electron chi connectivity index (χ3n) is 5.71. The minimum atomic E-state index is -3.76. The lowest BCUT2D eigenvalue weighted by atomic mass is 10.1. The molecule has 2 rings (SSSR count). The zero-order chi connectivity index (χ0) is 27.1. The van der Waals surface area contributed by atoms with Crippen molar-refractivity contribution in [3.8, 4) is 5.75 Å². The van der Waals surface area contributed by atoms with Crippen molar-refractivity contribution in [1.82, 2.24) is 10.2 Å². The molecular weight excluding hydrogens is 478 g/mol. The van der Waals surface area contributed by atoms with Gasteiger partial charge < -0.3 is 15.0 Å². The molecule has 0 unspecified atom stereocenters. The van der Waals surface area contributed by atoms with Gasteiger partial charge in [-0.25, -0.2) is 8.42 Å². The number of benzene rings is 2. The topological polar surface area (TPSA) is 96.0 Å². The number of methoxy groups -OCH3 is 1. The Balaban J connectivity index is 2.44. The van der Waals surface area contributed by atoms with Crippen molar-refractivity contribution in [1.29, 1.82) is 0 Å². The van der Waals surface area contributed by atoms with E-state index in [1.54, 1.807) is 31.4 Å². The van der Waals surface area contributed by atoms with Gasteiger partial charge in [0.1, 0.15) is 18.3 Å². The van der Waals surface area contributed by atoms with Crippen LogP contribution in [0.5, 0.6) is 5.75 Å². The summed E-state index contributed by atoms with van der Waals surface area (Å²) in [6, 6.07) is 13.5. The number of ether oxygens (including phenoxy) is 1. The number of carbonyl (C=O) groups is 2. The van der Waals surface area contributed by atoms with Crippen molar-refractivity contribution < 1.29 is 22.7 Å². The molecule has 0 radical (unpaired) electrons. The predicted octanol–water partition coefficient (Wildman–Crippen LogP) is 3.75. The van der Waals surface area contributed by atoms with Crippen LogP contribution in [0, 0.1) is 0 Å². The summed E-state index contributed by atoms with van der Waals surface area (Å²) in [7, 11) is -2.19. The lowest BCUT2D eigenvalue weighted by Crippen LogP contribution is -2.55. The Bertz CT molecular complexity index is 1120. The number of hydrogen-bond donors (Lipinski definition) is 1. The number of sulfonamides is 1. The summed E-state index contributed by atoms with van der Waals surface area (Å²) >= 11 is 0. The van der Waals surface area contributed by atoms with Gasteiger partial charge in [0.05, 0.1) is 19.1 Å². The highest BCUT2D eigenvalue weighted by Gasteiger charge is 2.33. The summed E-state index contributed by atoms with van der Waals surface area (Å²) in [5, 5.41) is 2.95. The first-order valence-electron chi connectivity index (χ1n) is 12.1. The molecule has 0 aliphatic heterocycles. The minimum absolute atomic E-state index is 0.144. The van der Waals surface area contributed by atoms with E-state index in [0.717, 1.165) is 28.1 Å². The Morgan fingerprint density at radius 1 is 0.972 bits per heavy atom. The average Bonchev–Trinajstić information content (AvgIpc) is 2.81. The monoisotopic (exact) mass is 517 g/mol. The number of anilines is 1. The summed E-state index contributed by atoms with van der Waals surface area (Å²) < 4.78 is 31.7. The fourth-order valence-electron chi connectivity index (χ4n) is 3.81. The maximum atomic E-state index is 13.7. The third-order valence-corrected chi connectivity index (χ3v) is 6.85. The number of carbonyl (C=O) groups excluding carboxylic acids is 2. The van der Waals surface area contributed by atoms with Gasteiger partial charge in [0.25, 0.3) is 0 Å². The number of amides is 2. The molecular formula is C27H39N3O5S. The number of nitrogens with one attached hydrogen (secondary N) is 1. The highest BCUT2D eigenvalue weighted by atomic mass is 32.2. The van der Waals surface area contributed by atoms with Crippen LogP contribution in [0.1, 0.15) is 52.2 Å². The predicted molar refractivity (Wildman–Crippen MR) is 144 cm³/mol. The molecule has 0 bridgehead atoms. The standard InChI is InChI=1S/C27H39N3O5S/c1-8-20-10-14-22(15-11-20)30(36(7,33)34)19-25(31)29(18-21-12-16-23(35-6)17-13-21)24(9-2)26(32)28-27(3,4)5/h10-17,24H,8-9,18-19H2,1-7H3,(H,28,32)/t24-/m0/s1. The molecule has 0 spiro atoms. The zero-order valence-corrected chi connectivity index (χ0v) is 23.2. The molecule has 36 heavy (non-hydrogen) atoms. The summed E-state index contributed by atoms with van der Waals surface area (Å²) in [5.74, 6) is -0.0790. The van der Waals surface area contributed by atoms with Crippen molar-refractivity contribution in [2.45, 2.75) is 65.6 Å². The van der Waals surface area contributed by atoms with E-state index in [-0.39, 0.29) is 12.5 Å². The molecule has 1 atom stereocenters. The van der Waals surface area contributed by atoms with Crippen LogP contribution in [0.25, 0.3) is 0 Å². The van der Waals surface area contributed by atoms with Gasteiger partial charge in [-0.2, -0.15) is 0 Å². The van der Waals surface area contributed by atoms with Crippen LogP contribution < -0.4 is 14.4 Å². The average molecular weight is 518 g/mol. The molecule has 2 amide bonds. The van der Waals surface area contributed by atoms with Crippen LogP contribution in [0.4, 0.5) is 5.69 Å². The van der Waals surface area contributed by atoms with Crippen molar-refractivity contribution >= 4 is 27.5 Å². The van der Waals surface area contributed by atoms with Gasteiger partial charge in [0.2, 0.25) is 21.8 Å². The first-order valence-corrected chi connectivity index (χ1v) is 13.9. The van der Waals surface area contributed by atoms with Gasteiger partial charge in [-0.15, -0.1) is 0 Å². The Labute approximate surface area is 215 Å². The molecule has 2 aromatic carbocycles. The maximum absolute atomic E-state index is 13.7. The molecule has 198 valence electrons. The quantitative estimate of drug-likeness (QED) is 0.490. The smallest absolute Gasteiger partial charge is 0.244 e. The van der Waals surface area contributed by atoms with E-state index in [0.29, 0.717) is 17.9 Å². The van der Waals surface area contributed by atoms with Crippen LogP contribution in [-0.4, -0.2) is 56.6 Å². The van der Waals surface area contributed by atoms with E-state index in [1.165, 1.54) is 4.90 Å². The number of aryl methyl sites for hydroxylation is 1.